The monoisotopic (exact) mass is 255 g/mol. The van der Waals surface area contributed by atoms with Crippen LogP contribution in [-0.4, -0.2) is 11.5 Å². The van der Waals surface area contributed by atoms with Crippen molar-refractivity contribution in [1.82, 2.24) is 0 Å². The molecular weight excluding hydrogens is 238 g/mol. The smallest absolute Gasteiger partial charge is 0.214 e. The zero-order chi connectivity index (χ0) is 13.8. The fourth-order valence-corrected chi connectivity index (χ4v) is 2.15. The number of rotatable bonds is 4. The first kappa shape index (κ1) is 13.3. The number of nitro groups is 1. The first-order valence-corrected chi connectivity index (χ1v) is 6.31. The molecule has 0 amide bonds. The molecule has 0 atom stereocenters. The highest BCUT2D eigenvalue weighted by molar-refractivity contribution is 5.35. The van der Waals surface area contributed by atoms with Crippen molar-refractivity contribution in [3.8, 4) is 0 Å². The molecule has 0 radical (unpaired) electrons. The molecule has 0 saturated carbocycles. The van der Waals surface area contributed by atoms with Gasteiger partial charge in [-0.05, 0) is 25.0 Å². The molecule has 0 aliphatic heterocycles. The predicted octanol–water partition coefficient (Wildman–Crippen LogP) is 3.71. The summed E-state index contributed by atoms with van der Waals surface area (Å²) in [6, 6.07) is 15.9. The van der Waals surface area contributed by atoms with Gasteiger partial charge in [0.2, 0.25) is 6.54 Å². The average Bonchev–Trinajstić information content (AvgIpc) is 2.38. The minimum atomic E-state index is -0.246. The highest BCUT2D eigenvalue weighted by Crippen LogP contribution is 2.25. The van der Waals surface area contributed by atoms with Gasteiger partial charge in [0.25, 0.3) is 0 Å². The van der Waals surface area contributed by atoms with E-state index in [4.69, 9.17) is 0 Å². The van der Waals surface area contributed by atoms with Crippen LogP contribution in [0.3, 0.4) is 0 Å². The van der Waals surface area contributed by atoms with E-state index < -0.39 is 0 Å². The average molecular weight is 255 g/mol. The lowest BCUT2D eigenvalue weighted by molar-refractivity contribution is -0.481. The molecule has 0 N–H and O–H groups in total. The topological polar surface area (TPSA) is 43.1 Å². The van der Waals surface area contributed by atoms with Gasteiger partial charge in [-0.1, -0.05) is 59.7 Å². The SMILES string of the molecule is Cc1ccc(C(C[N+](=O)[O-])c2ccc(C)cc2)cc1. The Kier molecular flexibility index (Phi) is 3.95. The van der Waals surface area contributed by atoms with Gasteiger partial charge in [0.15, 0.2) is 0 Å². The second kappa shape index (κ2) is 5.65. The van der Waals surface area contributed by atoms with Crippen molar-refractivity contribution in [1.29, 1.82) is 0 Å². The summed E-state index contributed by atoms with van der Waals surface area (Å²) in [5, 5.41) is 10.9. The van der Waals surface area contributed by atoms with E-state index in [0.717, 1.165) is 22.3 Å². The Bertz CT molecular complexity index is 513. The van der Waals surface area contributed by atoms with Crippen LogP contribution in [0.4, 0.5) is 0 Å². The van der Waals surface area contributed by atoms with Crippen LogP contribution in [0.15, 0.2) is 48.5 Å². The Morgan fingerprint density at radius 2 is 1.26 bits per heavy atom. The summed E-state index contributed by atoms with van der Waals surface area (Å²) in [6.07, 6.45) is 0. The van der Waals surface area contributed by atoms with E-state index in [9.17, 15) is 10.1 Å². The molecule has 0 unspecified atom stereocenters. The minimum Gasteiger partial charge on any atom is -0.265 e. The molecule has 0 saturated heterocycles. The number of nitrogens with zero attached hydrogens (tertiary/aromatic N) is 1. The molecule has 0 aliphatic carbocycles. The maximum Gasteiger partial charge on any atom is 0.214 e. The molecule has 2 rings (SSSR count). The highest BCUT2D eigenvalue weighted by Gasteiger charge is 2.19. The summed E-state index contributed by atoms with van der Waals surface area (Å²) >= 11 is 0. The van der Waals surface area contributed by atoms with Crippen molar-refractivity contribution in [2.24, 2.45) is 0 Å². The molecule has 0 aromatic heterocycles. The number of aryl methyl sites for hydroxylation is 2. The van der Waals surface area contributed by atoms with Crippen molar-refractivity contribution < 1.29 is 4.92 Å². The van der Waals surface area contributed by atoms with Crippen LogP contribution in [0, 0.1) is 24.0 Å². The third kappa shape index (κ3) is 3.41. The third-order valence-corrected chi connectivity index (χ3v) is 3.29. The molecule has 2 aromatic carbocycles. The van der Waals surface area contributed by atoms with E-state index in [-0.39, 0.29) is 17.4 Å². The predicted molar refractivity (Wildman–Crippen MR) is 76.1 cm³/mol. The summed E-state index contributed by atoms with van der Waals surface area (Å²) in [5.74, 6) is -0.184. The van der Waals surface area contributed by atoms with Crippen LogP contribution in [0.5, 0.6) is 0 Å². The van der Waals surface area contributed by atoms with Gasteiger partial charge in [-0.3, -0.25) is 10.1 Å². The third-order valence-electron chi connectivity index (χ3n) is 3.29. The summed E-state index contributed by atoms with van der Waals surface area (Å²) in [7, 11) is 0. The van der Waals surface area contributed by atoms with Crippen LogP contribution in [0.25, 0.3) is 0 Å². The summed E-state index contributed by atoms with van der Waals surface area (Å²) in [6.45, 7) is 3.95. The van der Waals surface area contributed by atoms with Crippen molar-refractivity contribution in [2.45, 2.75) is 19.8 Å². The molecule has 0 heterocycles. The maximum absolute atomic E-state index is 10.9. The summed E-state index contributed by atoms with van der Waals surface area (Å²) < 4.78 is 0. The molecule has 3 heteroatoms. The van der Waals surface area contributed by atoms with Gasteiger partial charge in [0.05, 0.1) is 5.92 Å². The van der Waals surface area contributed by atoms with E-state index in [2.05, 4.69) is 0 Å². The molecule has 0 fully saturated rings. The molecule has 19 heavy (non-hydrogen) atoms. The van der Waals surface area contributed by atoms with Crippen molar-refractivity contribution in [2.75, 3.05) is 6.54 Å². The van der Waals surface area contributed by atoms with Crippen LogP contribution in [0.1, 0.15) is 28.2 Å². The minimum absolute atomic E-state index is 0.0773. The summed E-state index contributed by atoms with van der Waals surface area (Å²) in [5.41, 5.74) is 4.30. The Labute approximate surface area is 113 Å². The fourth-order valence-electron chi connectivity index (χ4n) is 2.15. The van der Waals surface area contributed by atoms with Gasteiger partial charge in [-0.15, -0.1) is 0 Å². The second-order valence-corrected chi connectivity index (χ2v) is 4.89. The lowest BCUT2D eigenvalue weighted by atomic mass is 9.90. The van der Waals surface area contributed by atoms with Gasteiger partial charge in [-0.2, -0.15) is 0 Å². The van der Waals surface area contributed by atoms with Gasteiger partial charge in [-0.25, -0.2) is 0 Å². The largest absolute Gasteiger partial charge is 0.265 e. The van der Waals surface area contributed by atoms with Crippen molar-refractivity contribution >= 4 is 0 Å². The molecular formula is C16H17NO2. The van der Waals surface area contributed by atoms with Crippen LogP contribution in [-0.2, 0) is 0 Å². The first-order chi connectivity index (χ1) is 9.06. The standard InChI is InChI=1S/C16H17NO2/c1-12-3-7-14(8-4-12)16(11-17(18)19)15-9-5-13(2)6-10-15/h3-10,16H,11H2,1-2H3. The van der Waals surface area contributed by atoms with E-state index in [1.807, 2.05) is 62.4 Å². The van der Waals surface area contributed by atoms with Gasteiger partial charge >= 0.3 is 0 Å². The van der Waals surface area contributed by atoms with E-state index in [1.165, 1.54) is 0 Å². The Hall–Kier alpha value is -2.16. The van der Waals surface area contributed by atoms with Crippen LogP contribution >= 0.6 is 0 Å². The van der Waals surface area contributed by atoms with Crippen molar-refractivity contribution in [3.63, 3.8) is 0 Å². The molecule has 0 bridgehead atoms. The van der Waals surface area contributed by atoms with E-state index in [0.29, 0.717) is 0 Å². The number of hydrogen-bond donors (Lipinski definition) is 0. The zero-order valence-corrected chi connectivity index (χ0v) is 11.2. The lowest BCUT2D eigenvalue weighted by Gasteiger charge is -2.14. The van der Waals surface area contributed by atoms with Crippen molar-refractivity contribution in [3.05, 3.63) is 80.9 Å². The molecule has 2 aromatic rings. The second-order valence-electron chi connectivity index (χ2n) is 4.89. The quantitative estimate of drug-likeness (QED) is 0.617. The molecule has 3 nitrogen and oxygen atoms in total. The van der Waals surface area contributed by atoms with E-state index >= 15 is 0 Å². The lowest BCUT2D eigenvalue weighted by Crippen LogP contribution is -2.14. The fraction of sp³-hybridized carbons (Fsp3) is 0.250. The Morgan fingerprint density at radius 3 is 1.58 bits per heavy atom. The summed E-state index contributed by atoms with van der Waals surface area (Å²) in [4.78, 5) is 10.7. The number of hydrogen-bond acceptors (Lipinski definition) is 2. The number of benzene rings is 2. The van der Waals surface area contributed by atoms with Crippen LogP contribution < -0.4 is 0 Å². The molecule has 98 valence electrons. The van der Waals surface area contributed by atoms with E-state index in [1.54, 1.807) is 0 Å². The first-order valence-electron chi connectivity index (χ1n) is 6.31. The van der Waals surface area contributed by atoms with Gasteiger partial charge < -0.3 is 0 Å². The van der Waals surface area contributed by atoms with Crippen LogP contribution in [0.2, 0.25) is 0 Å². The zero-order valence-electron chi connectivity index (χ0n) is 11.2. The maximum atomic E-state index is 10.9. The molecule has 0 spiro atoms. The Balaban J connectivity index is 2.37. The van der Waals surface area contributed by atoms with Gasteiger partial charge in [0.1, 0.15) is 0 Å². The molecule has 0 aliphatic rings. The Morgan fingerprint density at radius 1 is 0.895 bits per heavy atom. The highest BCUT2D eigenvalue weighted by atomic mass is 16.6. The van der Waals surface area contributed by atoms with Gasteiger partial charge in [0, 0.05) is 4.92 Å². The normalized spacial score (nSPS) is 10.7.